The van der Waals surface area contributed by atoms with Crippen LogP contribution >= 0.6 is 11.6 Å². The van der Waals surface area contributed by atoms with E-state index in [1.165, 1.54) is 17.0 Å². The molecule has 0 aromatic heterocycles. The molecule has 1 saturated heterocycles. The number of likely N-dealkylation sites (tertiary alicyclic amines) is 1. The zero-order chi connectivity index (χ0) is 17.3. The Morgan fingerprint density at radius 2 is 1.83 bits per heavy atom. The van der Waals surface area contributed by atoms with Gasteiger partial charge in [0.1, 0.15) is 11.1 Å². The zero-order valence-electron chi connectivity index (χ0n) is 12.4. The van der Waals surface area contributed by atoms with E-state index >= 15 is 0 Å². The van der Waals surface area contributed by atoms with E-state index in [1.54, 1.807) is 24.3 Å². The highest BCUT2D eigenvalue weighted by Gasteiger charge is 2.40. The number of hydrogen-bond donors (Lipinski definition) is 1. The number of amides is 2. The fourth-order valence-electron chi connectivity index (χ4n) is 2.39. The number of nitrogens with one attached hydrogen (secondary N) is 1. The summed E-state index contributed by atoms with van der Waals surface area (Å²) in [6, 6.07) is 11.0. The van der Waals surface area contributed by atoms with Crippen LogP contribution in [0.15, 0.2) is 53.4 Å². The predicted octanol–water partition coefficient (Wildman–Crippen LogP) is 3.17. The fraction of sp³-hybridized carbons (Fsp3) is 0.188. The smallest absolute Gasteiger partial charge is 0.321 e. The molecule has 0 aliphatic carbocycles. The van der Waals surface area contributed by atoms with Crippen molar-refractivity contribution < 1.29 is 17.6 Å². The van der Waals surface area contributed by atoms with Gasteiger partial charge in [0.05, 0.1) is 4.90 Å². The second-order valence-corrected chi connectivity index (χ2v) is 8.13. The molecule has 0 saturated carbocycles. The van der Waals surface area contributed by atoms with Crippen molar-refractivity contribution in [3.63, 3.8) is 0 Å². The molecule has 126 valence electrons. The quantitative estimate of drug-likeness (QED) is 0.846. The number of carbonyl (C=O) groups excluding carboxylic acids is 1. The molecule has 1 heterocycles. The van der Waals surface area contributed by atoms with Gasteiger partial charge in [-0.3, -0.25) is 0 Å². The van der Waals surface area contributed by atoms with E-state index in [0.717, 1.165) is 12.1 Å². The molecule has 0 spiro atoms. The van der Waals surface area contributed by atoms with Crippen LogP contribution in [0.2, 0.25) is 5.02 Å². The van der Waals surface area contributed by atoms with Crippen molar-refractivity contribution in [3.05, 3.63) is 59.4 Å². The first-order valence-corrected chi connectivity index (χ1v) is 9.09. The molecular weight excluding hydrogens is 355 g/mol. The maximum absolute atomic E-state index is 12.9. The van der Waals surface area contributed by atoms with Crippen LogP contribution < -0.4 is 5.32 Å². The number of nitrogens with zero attached hydrogens (tertiary/aromatic N) is 1. The average Bonchev–Trinajstić information content (AvgIpc) is 2.45. The number of sulfone groups is 1. The highest BCUT2D eigenvalue weighted by molar-refractivity contribution is 7.92. The summed E-state index contributed by atoms with van der Waals surface area (Å²) in [6.45, 7) is 0.179. The third-order valence-electron chi connectivity index (χ3n) is 3.79. The molecule has 1 aliphatic heterocycles. The van der Waals surface area contributed by atoms with Gasteiger partial charge in [-0.05, 0) is 42.5 Å². The van der Waals surface area contributed by atoms with Crippen molar-refractivity contribution in [3.8, 4) is 0 Å². The number of carbonyl (C=O) groups is 1. The Balaban J connectivity index is 1.62. The van der Waals surface area contributed by atoms with Gasteiger partial charge in [0.25, 0.3) is 0 Å². The van der Waals surface area contributed by atoms with Crippen LogP contribution in [0.5, 0.6) is 0 Å². The van der Waals surface area contributed by atoms with E-state index < -0.39 is 20.9 Å². The van der Waals surface area contributed by atoms with Crippen LogP contribution in [-0.4, -0.2) is 37.7 Å². The van der Waals surface area contributed by atoms with Crippen LogP contribution in [0.3, 0.4) is 0 Å². The maximum atomic E-state index is 12.9. The third-order valence-corrected chi connectivity index (χ3v) is 6.13. The molecule has 8 heteroatoms. The Kier molecular flexibility index (Phi) is 4.47. The van der Waals surface area contributed by atoms with Gasteiger partial charge in [-0.25, -0.2) is 17.6 Å². The number of anilines is 1. The van der Waals surface area contributed by atoms with Crippen molar-refractivity contribution in [1.29, 1.82) is 0 Å². The molecular formula is C16H14ClFN2O3S. The number of rotatable bonds is 3. The molecule has 0 atom stereocenters. The highest BCUT2D eigenvalue weighted by Crippen LogP contribution is 2.25. The van der Waals surface area contributed by atoms with E-state index in [0.29, 0.717) is 10.7 Å². The Bertz CT molecular complexity index is 865. The minimum atomic E-state index is -3.57. The summed E-state index contributed by atoms with van der Waals surface area (Å²) in [4.78, 5) is 13.5. The number of benzene rings is 2. The molecule has 0 unspecified atom stereocenters. The van der Waals surface area contributed by atoms with Gasteiger partial charge in [-0.2, -0.15) is 0 Å². The molecule has 1 fully saturated rings. The first-order valence-electron chi connectivity index (χ1n) is 7.17. The summed E-state index contributed by atoms with van der Waals surface area (Å²) in [7, 11) is -3.57. The maximum Gasteiger partial charge on any atom is 0.321 e. The summed E-state index contributed by atoms with van der Waals surface area (Å²) in [5, 5.41) is 2.47. The molecule has 1 aliphatic rings. The van der Waals surface area contributed by atoms with Gasteiger partial charge in [0.15, 0.2) is 9.84 Å². The van der Waals surface area contributed by atoms with Crippen LogP contribution in [0, 0.1) is 5.82 Å². The highest BCUT2D eigenvalue weighted by atomic mass is 35.5. The van der Waals surface area contributed by atoms with Gasteiger partial charge >= 0.3 is 6.03 Å². The second-order valence-electron chi connectivity index (χ2n) is 5.47. The van der Waals surface area contributed by atoms with E-state index in [2.05, 4.69) is 5.32 Å². The van der Waals surface area contributed by atoms with Crippen molar-refractivity contribution >= 4 is 33.2 Å². The topological polar surface area (TPSA) is 66.5 Å². The lowest BCUT2D eigenvalue weighted by Crippen LogP contribution is -2.58. The van der Waals surface area contributed by atoms with Crippen LogP contribution in [0.25, 0.3) is 0 Å². The summed E-state index contributed by atoms with van der Waals surface area (Å²) < 4.78 is 37.7. The van der Waals surface area contributed by atoms with E-state index in [-0.39, 0.29) is 24.0 Å². The molecule has 2 aromatic rings. The summed E-state index contributed by atoms with van der Waals surface area (Å²) in [6.07, 6.45) is 0. The lowest BCUT2D eigenvalue weighted by Gasteiger charge is -2.38. The normalized spacial score (nSPS) is 15.0. The van der Waals surface area contributed by atoms with Gasteiger partial charge in [-0.1, -0.05) is 17.7 Å². The Morgan fingerprint density at radius 3 is 2.46 bits per heavy atom. The monoisotopic (exact) mass is 368 g/mol. The van der Waals surface area contributed by atoms with Crippen molar-refractivity contribution in [1.82, 2.24) is 4.90 Å². The molecule has 5 nitrogen and oxygen atoms in total. The van der Waals surface area contributed by atoms with Gasteiger partial charge in [0, 0.05) is 23.8 Å². The largest absolute Gasteiger partial charge is 0.322 e. The summed E-state index contributed by atoms with van der Waals surface area (Å²) >= 11 is 5.85. The Morgan fingerprint density at radius 1 is 1.17 bits per heavy atom. The van der Waals surface area contributed by atoms with Crippen LogP contribution in [-0.2, 0) is 9.84 Å². The minimum Gasteiger partial charge on any atom is -0.322 e. The molecule has 1 N–H and O–H groups in total. The first kappa shape index (κ1) is 16.7. The zero-order valence-corrected chi connectivity index (χ0v) is 14.0. The summed E-state index contributed by atoms with van der Waals surface area (Å²) in [5.41, 5.74) is 0.539. The lowest BCUT2D eigenvalue weighted by atomic mass is 10.2. The van der Waals surface area contributed by atoms with Crippen LogP contribution in [0.4, 0.5) is 14.9 Å². The average molecular weight is 369 g/mol. The number of hydrogen-bond acceptors (Lipinski definition) is 3. The van der Waals surface area contributed by atoms with Gasteiger partial charge in [-0.15, -0.1) is 0 Å². The molecule has 3 rings (SSSR count). The minimum absolute atomic E-state index is 0.0591. The molecule has 0 radical (unpaired) electrons. The third kappa shape index (κ3) is 3.37. The fourth-order valence-corrected chi connectivity index (χ4v) is 4.23. The molecule has 2 amide bonds. The number of halogens is 2. The van der Waals surface area contributed by atoms with E-state index in [9.17, 15) is 17.6 Å². The van der Waals surface area contributed by atoms with Crippen LogP contribution in [0.1, 0.15) is 0 Å². The Hall–Kier alpha value is -2.12. The summed E-state index contributed by atoms with van der Waals surface area (Å²) in [5.74, 6) is -0.495. The lowest BCUT2D eigenvalue weighted by molar-refractivity contribution is 0.182. The Labute approximate surface area is 144 Å². The van der Waals surface area contributed by atoms with Gasteiger partial charge in [0.2, 0.25) is 0 Å². The van der Waals surface area contributed by atoms with Crippen molar-refractivity contribution in [2.45, 2.75) is 10.1 Å². The first-order chi connectivity index (χ1) is 11.4. The van der Waals surface area contributed by atoms with Gasteiger partial charge < -0.3 is 10.2 Å². The standard InChI is InChI=1S/C16H14ClFN2O3S/c17-11-2-1-3-13(8-11)19-16(21)20-9-15(10-20)24(22,23)14-6-4-12(18)5-7-14/h1-8,15H,9-10H2,(H,19,21). The second kappa shape index (κ2) is 6.41. The molecule has 2 aromatic carbocycles. The predicted molar refractivity (Wildman–Crippen MR) is 89.4 cm³/mol. The molecule has 0 bridgehead atoms. The van der Waals surface area contributed by atoms with E-state index in [4.69, 9.17) is 11.6 Å². The van der Waals surface area contributed by atoms with E-state index in [1.807, 2.05) is 0 Å². The van der Waals surface area contributed by atoms with Crippen molar-refractivity contribution in [2.24, 2.45) is 0 Å². The number of urea groups is 1. The van der Waals surface area contributed by atoms with Crippen molar-refractivity contribution in [2.75, 3.05) is 18.4 Å². The SMILES string of the molecule is O=C(Nc1cccc(Cl)c1)N1CC(S(=O)(=O)c2ccc(F)cc2)C1. The molecule has 24 heavy (non-hydrogen) atoms.